The zero-order valence-corrected chi connectivity index (χ0v) is 20.4. The Labute approximate surface area is 198 Å². The van der Waals surface area contributed by atoms with Crippen LogP contribution in [0.1, 0.15) is 0 Å². The molecule has 0 aliphatic carbocycles. The second-order valence-corrected chi connectivity index (χ2v) is 9.64. The van der Waals surface area contributed by atoms with Crippen LogP contribution in [0.15, 0.2) is 56.6 Å². The first-order chi connectivity index (χ1) is 15.7. The molecule has 0 unspecified atom stereocenters. The molecule has 0 bridgehead atoms. The molecule has 0 atom stereocenters. The van der Waals surface area contributed by atoms with Crippen LogP contribution in [-0.4, -0.2) is 52.2 Å². The molecule has 9 nitrogen and oxygen atoms in total. The van der Waals surface area contributed by atoms with E-state index in [-0.39, 0.29) is 33.3 Å². The first kappa shape index (κ1) is 24.5. The van der Waals surface area contributed by atoms with Gasteiger partial charge in [-0.3, -0.25) is 4.79 Å². The summed E-state index contributed by atoms with van der Waals surface area (Å²) in [5, 5.41) is 6.24. The van der Waals surface area contributed by atoms with Gasteiger partial charge >= 0.3 is 0 Å². The summed E-state index contributed by atoms with van der Waals surface area (Å²) in [4.78, 5) is 13.8. The second-order valence-electron chi connectivity index (χ2n) is 6.74. The van der Waals surface area contributed by atoms with Crippen LogP contribution < -0.4 is 24.7 Å². The summed E-state index contributed by atoms with van der Waals surface area (Å²) in [5.41, 5.74) is 0.415. The maximum Gasteiger partial charge on any atom is 0.280 e. The molecule has 3 rings (SSSR count). The largest absolute Gasteiger partial charge is 0.493 e. The van der Waals surface area contributed by atoms with Crippen molar-refractivity contribution in [3.63, 3.8) is 0 Å². The Kier molecular flexibility index (Phi) is 7.59. The average molecular weight is 542 g/mol. The van der Waals surface area contributed by atoms with Crippen molar-refractivity contribution in [3.05, 3.63) is 63.1 Å². The highest BCUT2D eigenvalue weighted by atomic mass is 79.9. The summed E-state index contributed by atoms with van der Waals surface area (Å²) >= 11 is 3.25. The van der Waals surface area contributed by atoms with Gasteiger partial charge < -0.3 is 19.1 Å². The van der Waals surface area contributed by atoms with Crippen LogP contribution in [0.5, 0.6) is 17.4 Å². The van der Waals surface area contributed by atoms with Crippen LogP contribution in [-0.2, 0) is 9.84 Å². The fraction of sp³-hybridized carbons (Fsp3) is 0.238. The quantitative estimate of drug-likeness (QED) is 0.410. The Morgan fingerprint density at radius 1 is 1.09 bits per heavy atom. The summed E-state index contributed by atoms with van der Waals surface area (Å²) in [5.74, 6) is 0.101. The SMILES string of the molecule is COc1ccc(N(C)c2c(OCCS(=O)(=O)c3ccc(F)cc3)n[nH]c(=O)c2Br)cc1OC. The van der Waals surface area contributed by atoms with Crippen molar-refractivity contribution in [2.24, 2.45) is 0 Å². The van der Waals surface area contributed by atoms with Crippen molar-refractivity contribution in [1.82, 2.24) is 10.2 Å². The molecule has 0 saturated carbocycles. The van der Waals surface area contributed by atoms with Crippen molar-refractivity contribution in [1.29, 1.82) is 0 Å². The van der Waals surface area contributed by atoms with Gasteiger partial charge in [-0.2, -0.15) is 0 Å². The smallest absolute Gasteiger partial charge is 0.280 e. The van der Waals surface area contributed by atoms with Gasteiger partial charge in [-0.05, 0) is 52.3 Å². The van der Waals surface area contributed by atoms with Crippen LogP contribution in [0.25, 0.3) is 0 Å². The zero-order chi connectivity index (χ0) is 24.2. The van der Waals surface area contributed by atoms with E-state index in [9.17, 15) is 17.6 Å². The fourth-order valence-electron chi connectivity index (χ4n) is 2.97. The van der Waals surface area contributed by atoms with E-state index in [4.69, 9.17) is 14.2 Å². The van der Waals surface area contributed by atoms with Gasteiger partial charge in [0.05, 0.1) is 24.9 Å². The first-order valence-corrected chi connectivity index (χ1v) is 12.0. The third kappa shape index (κ3) is 5.45. The molecule has 1 aromatic heterocycles. The third-order valence-corrected chi connectivity index (χ3v) is 7.15. The van der Waals surface area contributed by atoms with E-state index >= 15 is 0 Å². The van der Waals surface area contributed by atoms with E-state index in [1.807, 2.05) is 0 Å². The summed E-state index contributed by atoms with van der Waals surface area (Å²) < 4.78 is 54.4. The number of benzene rings is 2. The Balaban J connectivity index is 1.87. The molecule has 3 aromatic rings. The highest BCUT2D eigenvalue weighted by Gasteiger charge is 2.22. The molecule has 1 N–H and O–H groups in total. The minimum atomic E-state index is -3.71. The van der Waals surface area contributed by atoms with Gasteiger partial charge in [0.15, 0.2) is 21.3 Å². The fourth-order valence-corrected chi connectivity index (χ4v) is 4.58. The normalized spacial score (nSPS) is 11.2. The molecule has 0 aliphatic heterocycles. The third-order valence-electron chi connectivity index (χ3n) is 4.72. The van der Waals surface area contributed by atoms with Gasteiger partial charge in [0.1, 0.15) is 22.6 Å². The molecule has 33 heavy (non-hydrogen) atoms. The molecular weight excluding hydrogens is 521 g/mol. The summed E-state index contributed by atoms with van der Waals surface area (Å²) in [6, 6.07) is 9.68. The topological polar surface area (TPSA) is 111 Å². The number of aromatic nitrogens is 2. The summed E-state index contributed by atoms with van der Waals surface area (Å²) in [6.45, 7) is -0.252. The number of methoxy groups -OCH3 is 2. The molecule has 0 amide bonds. The van der Waals surface area contributed by atoms with Gasteiger partial charge in [-0.25, -0.2) is 17.9 Å². The number of ether oxygens (including phenoxy) is 3. The summed E-state index contributed by atoms with van der Waals surface area (Å²) in [6.07, 6.45) is 0. The van der Waals surface area contributed by atoms with Crippen molar-refractivity contribution >= 4 is 37.1 Å². The van der Waals surface area contributed by atoms with E-state index in [1.54, 1.807) is 30.1 Å². The predicted octanol–water partition coefficient (Wildman–Crippen LogP) is 3.31. The second kappa shape index (κ2) is 10.2. The van der Waals surface area contributed by atoms with E-state index in [0.29, 0.717) is 17.2 Å². The summed E-state index contributed by atoms with van der Waals surface area (Å²) in [7, 11) is 0.991. The highest BCUT2D eigenvalue weighted by molar-refractivity contribution is 9.10. The van der Waals surface area contributed by atoms with Crippen LogP contribution in [0.2, 0.25) is 0 Å². The van der Waals surface area contributed by atoms with Crippen molar-refractivity contribution in [2.75, 3.05) is 38.5 Å². The number of sulfone groups is 1. The van der Waals surface area contributed by atoms with Crippen LogP contribution >= 0.6 is 15.9 Å². The number of anilines is 2. The lowest BCUT2D eigenvalue weighted by Gasteiger charge is -2.23. The van der Waals surface area contributed by atoms with Gasteiger partial charge in [0.25, 0.3) is 11.4 Å². The van der Waals surface area contributed by atoms with Crippen molar-refractivity contribution in [3.8, 4) is 17.4 Å². The van der Waals surface area contributed by atoms with Crippen LogP contribution in [0, 0.1) is 5.82 Å². The number of nitrogens with one attached hydrogen (secondary N) is 1. The molecule has 0 fully saturated rings. The minimum Gasteiger partial charge on any atom is -0.493 e. The zero-order valence-electron chi connectivity index (χ0n) is 18.0. The van der Waals surface area contributed by atoms with E-state index in [0.717, 1.165) is 12.1 Å². The predicted molar refractivity (Wildman–Crippen MR) is 124 cm³/mol. The average Bonchev–Trinajstić information content (AvgIpc) is 2.80. The number of hydrogen-bond donors (Lipinski definition) is 1. The van der Waals surface area contributed by atoms with E-state index in [1.165, 1.54) is 26.4 Å². The molecule has 2 aromatic carbocycles. The lowest BCUT2D eigenvalue weighted by Crippen LogP contribution is -2.21. The monoisotopic (exact) mass is 541 g/mol. The number of nitrogens with zero attached hydrogens (tertiary/aromatic N) is 2. The molecule has 12 heteroatoms. The van der Waals surface area contributed by atoms with E-state index in [2.05, 4.69) is 26.1 Å². The Morgan fingerprint density at radius 2 is 1.76 bits per heavy atom. The maximum absolute atomic E-state index is 13.1. The molecule has 1 heterocycles. The Morgan fingerprint density at radius 3 is 2.39 bits per heavy atom. The Hall–Kier alpha value is -3.12. The molecule has 0 saturated heterocycles. The van der Waals surface area contributed by atoms with E-state index < -0.39 is 21.2 Å². The molecule has 176 valence electrons. The maximum atomic E-state index is 13.1. The lowest BCUT2D eigenvalue weighted by molar-refractivity contribution is 0.323. The number of halogens is 2. The number of rotatable bonds is 9. The van der Waals surface area contributed by atoms with Gasteiger partial charge in [-0.15, -0.1) is 5.10 Å². The van der Waals surface area contributed by atoms with Gasteiger partial charge in [-0.1, -0.05) is 0 Å². The molecule has 0 aliphatic rings. The van der Waals surface area contributed by atoms with Crippen molar-refractivity contribution in [2.45, 2.75) is 4.90 Å². The van der Waals surface area contributed by atoms with Gasteiger partial charge in [0, 0.05) is 18.8 Å². The van der Waals surface area contributed by atoms with Gasteiger partial charge in [0.2, 0.25) is 0 Å². The molecule has 0 spiro atoms. The van der Waals surface area contributed by atoms with Crippen molar-refractivity contribution < 1.29 is 27.0 Å². The van der Waals surface area contributed by atoms with Crippen LogP contribution in [0.3, 0.4) is 0 Å². The Bertz CT molecular complexity index is 1300. The highest BCUT2D eigenvalue weighted by Crippen LogP contribution is 2.38. The number of hydrogen-bond acceptors (Lipinski definition) is 8. The minimum absolute atomic E-state index is 0.00747. The lowest BCUT2D eigenvalue weighted by atomic mass is 10.2. The van der Waals surface area contributed by atoms with Crippen LogP contribution in [0.4, 0.5) is 15.8 Å². The first-order valence-electron chi connectivity index (χ1n) is 9.53. The standard InChI is InChI=1S/C21H21BrFN3O6S/c1-26(14-6-9-16(30-2)17(12-14)31-3)19-18(22)20(27)24-25-21(19)32-10-11-33(28,29)15-7-4-13(23)5-8-15/h4-9,12H,10-11H2,1-3H3,(H,24,27). The molecule has 0 radical (unpaired) electrons. The molecular formula is C21H21BrFN3O6S. The number of aromatic amines is 1. The number of H-pyrrole nitrogens is 1.